The molecule has 0 bridgehead atoms. The van der Waals surface area contributed by atoms with E-state index in [0.29, 0.717) is 11.7 Å². The summed E-state index contributed by atoms with van der Waals surface area (Å²) in [5.74, 6) is -0.00278. The van der Waals surface area contributed by atoms with E-state index < -0.39 is 0 Å². The number of amides is 1. The first-order chi connectivity index (χ1) is 12.3. The van der Waals surface area contributed by atoms with Crippen LogP contribution in [0.2, 0.25) is 0 Å². The van der Waals surface area contributed by atoms with Crippen molar-refractivity contribution < 1.29 is 4.79 Å². The largest absolute Gasteiger partial charge is 0.330 e. The summed E-state index contributed by atoms with van der Waals surface area (Å²) in [6.45, 7) is 4.71. The van der Waals surface area contributed by atoms with Gasteiger partial charge in [-0.05, 0) is 63.4 Å². The Balaban J connectivity index is 1.57. The lowest BCUT2D eigenvalue weighted by molar-refractivity contribution is 0.0728. The van der Waals surface area contributed by atoms with Crippen LogP contribution >= 0.6 is 0 Å². The van der Waals surface area contributed by atoms with Gasteiger partial charge in [0, 0.05) is 18.9 Å². The van der Waals surface area contributed by atoms with Crippen molar-refractivity contribution in [1.29, 1.82) is 0 Å². The van der Waals surface area contributed by atoms with E-state index in [-0.39, 0.29) is 11.9 Å². The van der Waals surface area contributed by atoms with Crippen LogP contribution in [0.25, 0.3) is 0 Å². The minimum absolute atomic E-state index is 0.00278. The summed E-state index contributed by atoms with van der Waals surface area (Å²) in [7, 11) is 0. The van der Waals surface area contributed by atoms with Gasteiger partial charge in [0.05, 0.1) is 17.8 Å². The normalized spacial score (nSPS) is 21.6. The number of aromatic nitrogens is 4. The molecule has 0 saturated carbocycles. The van der Waals surface area contributed by atoms with Gasteiger partial charge in [-0.15, -0.1) is 5.10 Å². The minimum Gasteiger partial charge on any atom is -0.330 e. The van der Waals surface area contributed by atoms with E-state index in [0.717, 1.165) is 56.6 Å². The molecule has 7 heteroatoms. The molecule has 0 aromatic carbocycles. The number of carbonyl (C=O) groups is 1. The first-order valence-electron chi connectivity index (χ1n) is 9.09. The van der Waals surface area contributed by atoms with Gasteiger partial charge in [-0.1, -0.05) is 5.21 Å². The van der Waals surface area contributed by atoms with E-state index in [1.807, 2.05) is 28.6 Å². The highest BCUT2D eigenvalue weighted by Crippen LogP contribution is 2.33. The monoisotopic (exact) mass is 340 g/mol. The molecule has 2 aliphatic heterocycles. The third kappa shape index (κ3) is 3.04. The molecule has 2 aliphatic rings. The third-order valence-corrected chi connectivity index (χ3v) is 5.39. The summed E-state index contributed by atoms with van der Waals surface area (Å²) >= 11 is 0. The Labute approximate surface area is 147 Å². The van der Waals surface area contributed by atoms with Crippen molar-refractivity contribution in [3.05, 3.63) is 41.5 Å². The Morgan fingerprint density at radius 1 is 1.20 bits per heavy atom. The maximum Gasteiger partial charge on any atom is 0.276 e. The van der Waals surface area contributed by atoms with Crippen molar-refractivity contribution in [3.63, 3.8) is 0 Å². The fraction of sp³-hybridized carbons (Fsp3) is 0.556. The van der Waals surface area contributed by atoms with Gasteiger partial charge in [-0.3, -0.25) is 9.78 Å². The molecule has 1 atom stereocenters. The van der Waals surface area contributed by atoms with Crippen molar-refractivity contribution >= 4 is 5.91 Å². The first kappa shape index (κ1) is 16.2. The minimum atomic E-state index is -0.00278. The highest BCUT2D eigenvalue weighted by molar-refractivity contribution is 5.93. The number of piperidine rings is 1. The molecule has 132 valence electrons. The lowest BCUT2D eigenvalue weighted by Crippen LogP contribution is -2.32. The van der Waals surface area contributed by atoms with E-state index >= 15 is 0 Å². The van der Waals surface area contributed by atoms with Crippen molar-refractivity contribution in [2.24, 2.45) is 0 Å². The smallest absolute Gasteiger partial charge is 0.276 e. The fourth-order valence-corrected chi connectivity index (χ4v) is 4.01. The van der Waals surface area contributed by atoms with E-state index in [1.165, 1.54) is 0 Å². The first-order valence-corrected chi connectivity index (χ1v) is 9.09. The standard InChI is InChI=1S/C18H24N6O/c1-13-17(21-22-24(13)15-6-10-20-11-7-15)18(25)23-12-2-3-16(23)14-4-8-19-9-5-14/h4-5,8-9,15-16,20H,2-3,6-7,10-12H2,1H3. The molecule has 0 radical (unpaired) electrons. The zero-order valence-corrected chi connectivity index (χ0v) is 14.6. The van der Waals surface area contributed by atoms with Crippen LogP contribution in [-0.2, 0) is 0 Å². The van der Waals surface area contributed by atoms with E-state index in [9.17, 15) is 4.79 Å². The predicted octanol–water partition coefficient (Wildman–Crippen LogP) is 1.88. The number of pyridine rings is 1. The summed E-state index contributed by atoms with van der Waals surface area (Å²) in [6, 6.07) is 4.44. The summed E-state index contributed by atoms with van der Waals surface area (Å²) in [4.78, 5) is 19.2. The second-order valence-electron chi connectivity index (χ2n) is 6.89. The molecule has 1 amide bonds. The highest BCUT2D eigenvalue weighted by Gasteiger charge is 2.33. The maximum absolute atomic E-state index is 13.1. The Bertz CT molecular complexity index is 737. The number of nitrogens with one attached hydrogen (secondary N) is 1. The molecule has 1 unspecified atom stereocenters. The molecule has 0 spiro atoms. The Morgan fingerprint density at radius 3 is 2.72 bits per heavy atom. The fourth-order valence-electron chi connectivity index (χ4n) is 4.01. The zero-order chi connectivity index (χ0) is 17.2. The van der Waals surface area contributed by atoms with Gasteiger partial charge in [0.2, 0.25) is 0 Å². The molecule has 25 heavy (non-hydrogen) atoms. The van der Waals surface area contributed by atoms with Crippen LogP contribution in [0.5, 0.6) is 0 Å². The predicted molar refractivity (Wildman–Crippen MR) is 93.1 cm³/mol. The van der Waals surface area contributed by atoms with Crippen LogP contribution in [0.4, 0.5) is 0 Å². The second kappa shape index (κ2) is 6.92. The van der Waals surface area contributed by atoms with Crippen molar-refractivity contribution in [3.8, 4) is 0 Å². The molecule has 2 saturated heterocycles. The molecular weight excluding hydrogens is 316 g/mol. The number of likely N-dealkylation sites (tertiary alicyclic amines) is 1. The van der Waals surface area contributed by atoms with Crippen LogP contribution in [-0.4, -0.2) is 50.4 Å². The number of nitrogens with zero attached hydrogens (tertiary/aromatic N) is 5. The molecule has 0 aliphatic carbocycles. The molecule has 2 fully saturated rings. The Morgan fingerprint density at radius 2 is 1.96 bits per heavy atom. The topological polar surface area (TPSA) is 75.9 Å². The lowest BCUT2D eigenvalue weighted by atomic mass is 10.1. The quantitative estimate of drug-likeness (QED) is 0.923. The zero-order valence-electron chi connectivity index (χ0n) is 14.6. The molecule has 7 nitrogen and oxygen atoms in total. The van der Waals surface area contributed by atoms with Gasteiger partial charge in [0.25, 0.3) is 5.91 Å². The maximum atomic E-state index is 13.1. The number of carbonyl (C=O) groups excluding carboxylic acids is 1. The Kier molecular flexibility index (Phi) is 4.48. The van der Waals surface area contributed by atoms with Crippen LogP contribution in [0.3, 0.4) is 0 Å². The van der Waals surface area contributed by atoms with Crippen molar-refractivity contribution in [1.82, 2.24) is 30.2 Å². The van der Waals surface area contributed by atoms with Crippen LogP contribution in [0.1, 0.15) is 59.5 Å². The molecule has 2 aromatic heterocycles. The van der Waals surface area contributed by atoms with Gasteiger partial charge in [0.1, 0.15) is 0 Å². The number of hydrogen-bond acceptors (Lipinski definition) is 5. The summed E-state index contributed by atoms with van der Waals surface area (Å²) in [5, 5.41) is 11.9. The molecule has 2 aromatic rings. The van der Waals surface area contributed by atoms with E-state index in [1.54, 1.807) is 12.4 Å². The summed E-state index contributed by atoms with van der Waals surface area (Å²) in [6.07, 6.45) is 7.63. The van der Waals surface area contributed by atoms with E-state index in [2.05, 4.69) is 20.6 Å². The number of hydrogen-bond donors (Lipinski definition) is 1. The molecular formula is C18H24N6O. The molecule has 4 heterocycles. The van der Waals surface area contributed by atoms with Gasteiger partial charge < -0.3 is 10.2 Å². The van der Waals surface area contributed by atoms with Gasteiger partial charge in [-0.2, -0.15) is 0 Å². The Hall–Kier alpha value is -2.28. The lowest BCUT2D eigenvalue weighted by Gasteiger charge is -2.25. The van der Waals surface area contributed by atoms with Crippen LogP contribution in [0, 0.1) is 6.92 Å². The average Bonchev–Trinajstić information content (AvgIpc) is 3.29. The summed E-state index contributed by atoms with van der Waals surface area (Å²) < 4.78 is 1.95. The van der Waals surface area contributed by atoms with E-state index in [4.69, 9.17) is 0 Å². The van der Waals surface area contributed by atoms with Gasteiger partial charge >= 0.3 is 0 Å². The second-order valence-corrected chi connectivity index (χ2v) is 6.89. The third-order valence-electron chi connectivity index (χ3n) is 5.39. The van der Waals surface area contributed by atoms with Gasteiger partial charge in [0.15, 0.2) is 5.69 Å². The van der Waals surface area contributed by atoms with Crippen molar-refractivity contribution in [2.75, 3.05) is 19.6 Å². The SMILES string of the molecule is Cc1c(C(=O)N2CCCC2c2ccncc2)nnn1C1CCNCC1. The molecule has 4 rings (SSSR count). The van der Waals surface area contributed by atoms with Crippen molar-refractivity contribution in [2.45, 2.75) is 44.7 Å². The summed E-state index contributed by atoms with van der Waals surface area (Å²) in [5.41, 5.74) is 2.53. The molecule has 1 N–H and O–H groups in total. The highest BCUT2D eigenvalue weighted by atomic mass is 16.2. The number of rotatable bonds is 3. The average molecular weight is 340 g/mol. The van der Waals surface area contributed by atoms with Crippen LogP contribution in [0.15, 0.2) is 24.5 Å². The van der Waals surface area contributed by atoms with Crippen LogP contribution < -0.4 is 5.32 Å². The van der Waals surface area contributed by atoms with Gasteiger partial charge in [-0.25, -0.2) is 4.68 Å².